The lowest BCUT2D eigenvalue weighted by atomic mass is 10.1. The molecule has 2 amide bonds. The molecule has 1 aliphatic rings. The number of rotatable bonds is 2. The zero-order valence-corrected chi connectivity index (χ0v) is 7.91. The van der Waals surface area contributed by atoms with Crippen LogP contribution in [0.25, 0.3) is 0 Å². The normalized spacial score (nSPS) is 20.1. The van der Waals surface area contributed by atoms with E-state index in [9.17, 15) is 4.79 Å². The summed E-state index contributed by atoms with van der Waals surface area (Å²) in [5, 5.41) is 5.53. The Balaban J connectivity index is 2.19. The molecular formula is C10H12N2O2. The van der Waals surface area contributed by atoms with Gasteiger partial charge >= 0.3 is 6.03 Å². The summed E-state index contributed by atoms with van der Waals surface area (Å²) < 4.78 is 5.11. The molecule has 0 radical (unpaired) electrons. The van der Waals surface area contributed by atoms with Gasteiger partial charge < -0.3 is 15.4 Å². The third kappa shape index (κ3) is 1.64. The van der Waals surface area contributed by atoms with Gasteiger partial charge in [0.05, 0.1) is 13.2 Å². The van der Waals surface area contributed by atoms with Gasteiger partial charge in [-0.25, -0.2) is 4.79 Å². The van der Waals surface area contributed by atoms with Crippen molar-refractivity contribution in [2.75, 3.05) is 13.7 Å². The zero-order valence-electron chi connectivity index (χ0n) is 7.91. The summed E-state index contributed by atoms with van der Waals surface area (Å²) in [7, 11) is 1.63. The molecule has 14 heavy (non-hydrogen) atoms. The highest BCUT2D eigenvalue weighted by molar-refractivity contribution is 5.76. The van der Waals surface area contributed by atoms with Gasteiger partial charge in [-0.15, -0.1) is 0 Å². The predicted octanol–water partition coefficient (Wildman–Crippen LogP) is 1.05. The van der Waals surface area contributed by atoms with E-state index in [0.29, 0.717) is 6.54 Å². The van der Waals surface area contributed by atoms with Gasteiger partial charge in [-0.3, -0.25) is 0 Å². The van der Waals surface area contributed by atoms with Crippen LogP contribution in [0.2, 0.25) is 0 Å². The number of carbonyl (C=O) groups excluding carboxylic acids is 1. The Kier molecular flexibility index (Phi) is 2.26. The number of nitrogens with one attached hydrogen (secondary N) is 2. The smallest absolute Gasteiger partial charge is 0.315 e. The molecule has 0 aliphatic carbocycles. The van der Waals surface area contributed by atoms with Crippen molar-refractivity contribution < 1.29 is 9.53 Å². The van der Waals surface area contributed by atoms with Crippen molar-refractivity contribution in [2.24, 2.45) is 0 Å². The second kappa shape index (κ2) is 3.57. The van der Waals surface area contributed by atoms with Crippen LogP contribution in [0, 0.1) is 0 Å². The Morgan fingerprint density at radius 1 is 1.50 bits per heavy atom. The number of amides is 2. The van der Waals surface area contributed by atoms with Crippen LogP contribution < -0.4 is 15.4 Å². The van der Waals surface area contributed by atoms with Crippen LogP contribution in [-0.4, -0.2) is 19.7 Å². The number of ether oxygens (including phenoxy) is 1. The largest absolute Gasteiger partial charge is 0.497 e. The fourth-order valence-corrected chi connectivity index (χ4v) is 1.51. The van der Waals surface area contributed by atoms with Crippen molar-refractivity contribution >= 4 is 6.03 Å². The molecule has 0 aromatic heterocycles. The van der Waals surface area contributed by atoms with E-state index in [1.54, 1.807) is 7.11 Å². The number of hydrogen-bond acceptors (Lipinski definition) is 2. The van der Waals surface area contributed by atoms with Crippen LogP contribution in [0.5, 0.6) is 5.75 Å². The maximum atomic E-state index is 10.9. The summed E-state index contributed by atoms with van der Waals surface area (Å²) in [5.74, 6) is 0.809. The van der Waals surface area contributed by atoms with Gasteiger partial charge in [0.25, 0.3) is 0 Å². The lowest BCUT2D eigenvalue weighted by Gasteiger charge is -2.09. The highest BCUT2D eigenvalue weighted by atomic mass is 16.5. The minimum absolute atomic E-state index is 0.0533. The van der Waals surface area contributed by atoms with E-state index in [1.807, 2.05) is 24.3 Å². The molecule has 1 saturated heterocycles. The van der Waals surface area contributed by atoms with Crippen LogP contribution in [0.1, 0.15) is 11.6 Å². The third-order valence-corrected chi connectivity index (χ3v) is 2.27. The molecule has 0 spiro atoms. The number of urea groups is 1. The average Bonchev–Trinajstić information content (AvgIpc) is 2.65. The highest BCUT2D eigenvalue weighted by Gasteiger charge is 2.21. The Labute approximate surface area is 82.3 Å². The highest BCUT2D eigenvalue weighted by Crippen LogP contribution is 2.20. The fourth-order valence-electron chi connectivity index (χ4n) is 1.51. The molecule has 0 saturated carbocycles. The standard InChI is InChI=1S/C10H12N2O2/c1-14-8-4-2-3-7(5-8)9-6-11-10(13)12-9/h2-5,9H,6H2,1H3,(H2,11,12,13)/t9-/m1/s1. The van der Waals surface area contributed by atoms with E-state index >= 15 is 0 Å². The molecule has 1 aliphatic heterocycles. The lowest BCUT2D eigenvalue weighted by molar-refractivity contribution is 0.247. The van der Waals surface area contributed by atoms with Gasteiger partial charge in [-0.2, -0.15) is 0 Å². The minimum Gasteiger partial charge on any atom is -0.497 e. The molecule has 1 heterocycles. The number of benzene rings is 1. The third-order valence-electron chi connectivity index (χ3n) is 2.27. The van der Waals surface area contributed by atoms with Gasteiger partial charge in [0.1, 0.15) is 5.75 Å². The second-order valence-electron chi connectivity index (χ2n) is 3.18. The Hall–Kier alpha value is -1.71. The van der Waals surface area contributed by atoms with Crippen molar-refractivity contribution in [3.05, 3.63) is 29.8 Å². The van der Waals surface area contributed by atoms with Gasteiger partial charge in [0.2, 0.25) is 0 Å². The van der Waals surface area contributed by atoms with Crippen LogP contribution in [0.3, 0.4) is 0 Å². The van der Waals surface area contributed by atoms with E-state index < -0.39 is 0 Å². The Morgan fingerprint density at radius 2 is 2.36 bits per heavy atom. The first-order valence-electron chi connectivity index (χ1n) is 4.48. The molecule has 4 nitrogen and oxygen atoms in total. The van der Waals surface area contributed by atoms with E-state index in [-0.39, 0.29) is 12.1 Å². The summed E-state index contributed by atoms with van der Waals surface area (Å²) in [6.45, 7) is 0.631. The maximum Gasteiger partial charge on any atom is 0.315 e. The summed E-state index contributed by atoms with van der Waals surface area (Å²) >= 11 is 0. The number of methoxy groups -OCH3 is 1. The van der Waals surface area contributed by atoms with Gasteiger partial charge in [-0.05, 0) is 17.7 Å². The Bertz CT molecular complexity index is 352. The first-order chi connectivity index (χ1) is 6.79. The molecule has 0 unspecified atom stereocenters. The van der Waals surface area contributed by atoms with E-state index in [2.05, 4.69) is 10.6 Å². The van der Waals surface area contributed by atoms with Gasteiger partial charge in [0.15, 0.2) is 0 Å². The van der Waals surface area contributed by atoms with Crippen LogP contribution in [0.4, 0.5) is 4.79 Å². The van der Waals surface area contributed by atoms with Gasteiger partial charge in [0, 0.05) is 6.54 Å². The summed E-state index contributed by atoms with van der Waals surface area (Å²) in [4.78, 5) is 10.9. The van der Waals surface area contributed by atoms with E-state index in [4.69, 9.17) is 4.74 Å². The molecule has 1 fully saturated rings. The van der Waals surface area contributed by atoms with Crippen LogP contribution in [-0.2, 0) is 0 Å². The fraction of sp³-hybridized carbons (Fsp3) is 0.300. The zero-order chi connectivity index (χ0) is 9.97. The van der Waals surface area contributed by atoms with E-state index in [1.165, 1.54) is 0 Å². The van der Waals surface area contributed by atoms with Gasteiger partial charge in [-0.1, -0.05) is 12.1 Å². The predicted molar refractivity (Wildman–Crippen MR) is 52.3 cm³/mol. The maximum absolute atomic E-state index is 10.9. The minimum atomic E-state index is -0.113. The molecule has 2 rings (SSSR count). The first kappa shape index (κ1) is 8.87. The molecular weight excluding hydrogens is 180 g/mol. The lowest BCUT2D eigenvalue weighted by Crippen LogP contribution is -2.21. The van der Waals surface area contributed by atoms with E-state index in [0.717, 1.165) is 11.3 Å². The van der Waals surface area contributed by atoms with Crippen molar-refractivity contribution in [3.8, 4) is 5.75 Å². The molecule has 4 heteroatoms. The summed E-state index contributed by atoms with van der Waals surface area (Å²) in [5.41, 5.74) is 1.06. The SMILES string of the molecule is COc1cccc([C@H]2CNC(=O)N2)c1. The van der Waals surface area contributed by atoms with Crippen molar-refractivity contribution in [1.82, 2.24) is 10.6 Å². The van der Waals surface area contributed by atoms with Crippen LogP contribution >= 0.6 is 0 Å². The molecule has 1 atom stereocenters. The summed E-state index contributed by atoms with van der Waals surface area (Å²) in [6, 6.07) is 7.64. The second-order valence-corrected chi connectivity index (χ2v) is 3.18. The van der Waals surface area contributed by atoms with Crippen molar-refractivity contribution in [2.45, 2.75) is 6.04 Å². The molecule has 2 N–H and O–H groups in total. The number of carbonyl (C=O) groups is 1. The summed E-state index contributed by atoms with van der Waals surface area (Å²) in [6.07, 6.45) is 0. The Morgan fingerprint density at radius 3 is 3.00 bits per heavy atom. The quantitative estimate of drug-likeness (QED) is 0.735. The molecule has 1 aromatic rings. The average molecular weight is 192 g/mol. The molecule has 1 aromatic carbocycles. The number of hydrogen-bond donors (Lipinski definition) is 2. The topological polar surface area (TPSA) is 50.4 Å². The molecule has 0 bridgehead atoms. The van der Waals surface area contributed by atoms with Crippen molar-refractivity contribution in [3.63, 3.8) is 0 Å². The van der Waals surface area contributed by atoms with Crippen molar-refractivity contribution in [1.29, 1.82) is 0 Å². The molecule has 74 valence electrons. The van der Waals surface area contributed by atoms with Crippen LogP contribution in [0.15, 0.2) is 24.3 Å². The first-order valence-corrected chi connectivity index (χ1v) is 4.48. The monoisotopic (exact) mass is 192 g/mol.